The van der Waals surface area contributed by atoms with Crippen molar-refractivity contribution < 1.29 is 32.8 Å². The summed E-state index contributed by atoms with van der Waals surface area (Å²) in [6, 6.07) is 0. The summed E-state index contributed by atoms with van der Waals surface area (Å²) in [6.45, 7) is 5.76. The van der Waals surface area contributed by atoms with E-state index in [4.69, 9.17) is 29.7 Å². The number of carbonyl (C=O) groups excluding carboxylic acids is 3. The zero-order valence-electron chi connectivity index (χ0n) is 9.56. The Morgan fingerprint density at radius 2 is 1.00 bits per heavy atom. The van der Waals surface area contributed by atoms with Crippen molar-refractivity contribution in [1.29, 1.82) is 0 Å². The van der Waals surface area contributed by atoms with Crippen molar-refractivity contribution >= 4 is 40.8 Å². The van der Waals surface area contributed by atoms with Crippen molar-refractivity contribution in [2.24, 2.45) is 0 Å². The van der Waals surface area contributed by atoms with Crippen LogP contribution in [-0.2, 0) is 17.5 Å². The van der Waals surface area contributed by atoms with Gasteiger partial charge in [-0.15, -0.1) is 0 Å². The molecule has 0 bridgehead atoms. The van der Waals surface area contributed by atoms with E-state index in [2.05, 4.69) is 3.07 Å². The summed E-state index contributed by atoms with van der Waals surface area (Å²) >= 11 is 1.17. The molecule has 0 rings (SSSR count). The molecule has 0 aliphatic heterocycles. The Labute approximate surface area is 108 Å². The molecule has 7 nitrogen and oxygen atoms in total. The van der Waals surface area contributed by atoms with Gasteiger partial charge in [0.15, 0.2) is 0 Å². The maximum atomic E-state index is 8.89. The van der Waals surface area contributed by atoms with Crippen LogP contribution in [0, 0.1) is 0 Å². The van der Waals surface area contributed by atoms with Gasteiger partial charge in [-0.1, -0.05) is 0 Å². The first-order chi connectivity index (χ1) is 7.11. The van der Waals surface area contributed by atoms with Crippen LogP contribution in [0.5, 0.6) is 0 Å². The van der Waals surface area contributed by atoms with E-state index in [1.165, 1.54) is 22.9 Å². The van der Waals surface area contributed by atoms with Crippen molar-refractivity contribution in [2.45, 2.75) is 27.7 Å². The fourth-order valence-corrected chi connectivity index (χ4v) is 0. The molecule has 0 spiro atoms. The molecule has 0 saturated carbocycles. The van der Waals surface area contributed by atoms with Crippen molar-refractivity contribution in [3.63, 3.8) is 0 Å². The molecule has 0 amide bonds. The summed E-state index contributed by atoms with van der Waals surface area (Å²) in [5, 5.41) is 26.7. The van der Waals surface area contributed by atoms with Gasteiger partial charge in [0.1, 0.15) is 0 Å². The molecule has 0 radical (unpaired) electrons. The quantitative estimate of drug-likeness (QED) is 0.450. The van der Waals surface area contributed by atoms with E-state index < -0.39 is 17.9 Å². The van der Waals surface area contributed by atoms with Crippen molar-refractivity contribution in [3.05, 3.63) is 0 Å². The van der Waals surface area contributed by atoms with Gasteiger partial charge in [0.25, 0.3) is 0 Å². The fraction of sp³-hybridized carbons (Fsp3) is 0.625. The van der Waals surface area contributed by atoms with E-state index in [0.717, 1.165) is 27.4 Å². The Morgan fingerprint density at radius 3 is 1.00 bits per heavy atom. The normalized spacial score (nSPS) is 6.62. The Morgan fingerprint density at radius 1 is 0.938 bits per heavy atom. The Kier molecular flexibility index (Phi) is 36.3. The van der Waals surface area contributed by atoms with Gasteiger partial charge >= 0.3 is 39.5 Å². The van der Waals surface area contributed by atoms with E-state index in [9.17, 15) is 0 Å². The minimum absolute atomic E-state index is 0.859. The molecule has 0 saturated heterocycles. The number of carboxylic acid groups (broad SMARTS) is 3. The first-order valence-corrected chi connectivity index (χ1v) is 5.09. The molecular weight excluding hydrogens is 327 g/mol. The average Bonchev–Trinajstić information content (AvgIpc) is 2.00. The number of rotatable bonds is 1. The number of aliphatic carboxylic acids is 3. The molecule has 0 aliphatic rings. The monoisotopic (exact) mass is 342 g/mol. The second kappa shape index (κ2) is 23.8. The van der Waals surface area contributed by atoms with Gasteiger partial charge in [-0.05, 0) is 20.8 Å². The van der Waals surface area contributed by atoms with Crippen LogP contribution in [0.1, 0.15) is 27.7 Å². The molecule has 92 valence electrons. The van der Waals surface area contributed by atoms with Crippen LogP contribution >= 0.6 is 0 Å². The predicted molar refractivity (Wildman–Crippen MR) is 49.4 cm³/mol. The van der Waals surface area contributed by atoms with Crippen LogP contribution in [0.4, 0.5) is 0 Å². The first-order valence-electron chi connectivity index (χ1n) is 3.92. The van der Waals surface area contributed by atoms with Gasteiger partial charge in [0.05, 0.1) is 0 Å². The third-order valence-electron chi connectivity index (χ3n) is 0.144. The van der Waals surface area contributed by atoms with Crippen LogP contribution in [0.3, 0.4) is 0 Å². The van der Waals surface area contributed by atoms with Crippen molar-refractivity contribution in [1.82, 2.24) is 0 Å². The van der Waals surface area contributed by atoms with E-state index in [1.807, 2.05) is 6.92 Å². The van der Waals surface area contributed by atoms with Gasteiger partial charge in [-0.25, -0.2) is 0 Å². The molecule has 0 atom stereocenters. The fourth-order valence-electron chi connectivity index (χ4n) is 0. The minimum atomic E-state index is -1.08. The SMILES string of the molecule is CC(=O)[O-].CC(=O)[O-].CC(=O)[O-].CC[O][Sn+3]. The van der Waals surface area contributed by atoms with Crippen molar-refractivity contribution in [3.8, 4) is 0 Å². The summed E-state index contributed by atoms with van der Waals surface area (Å²) < 4.78 is 4.63. The molecule has 0 N–H and O–H groups in total. The number of hydrogen-bond donors (Lipinski definition) is 0. The summed E-state index contributed by atoms with van der Waals surface area (Å²) in [6.07, 6.45) is 0. The predicted octanol–water partition coefficient (Wildman–Crippen LogP) is -3.62. The molecule has 0 unspecified atom stereocenters. The van der Waals surface area contributed by atoms with E-state index in [-0.39, 0.29) is 0 Å². The molecule has 0 aromatic rings. The molecule has 0 heterocycles. The molecule has 8 heteroatoms. The summed E-state index contributed by atoms with van der Waals surface area (Å²) in [5.41, 5.74) is 0. The third-order valence-corrected chi connectivity index (χ3v) is 0.968. The summed E-state index contributed by atoms with van der Waals surface area (Å²) in [4.78, 5) is 26.7. The molecule has 0 aliphatic carbocycles. The van der Waals surface area contributed by atoms with Gasteiger partial charge in [0, 0.05) is 17.9 Å². The van der Waals surface area contributed by atoms with E-state index in [0.29, 0.717) is 0 Å². The third kappa shape index (κ3) is 68500. The maximum absolute atomic E-state index is 8.89. The second-order valence-electron chi connectivity index (χ2n) is 1.91. The van der Waals surface area contributed by atoms with Gasteiger partial charge in [-0.2, -0.15) is 0 Å². The molecule has 0 aromatic carbocycles. The Bertz CT molecular complexity index is 139. The van der Waals surface area contributed by atoms with Gasteiger partial charge < -0.3 is 29.7 Å². The molecule has 16 heavy (non-hydrogen) atoms. The standard InChI is InChI=1S/3C2H4O2.C2H5O.Sn/c3*1-2(3)4;1-2-3;/h3*1H3,(H,3,4);2H2,1H3;/q;;;-1;+4/p-3. The summed E-state index contributed by atoms with van der Waals surface area (Å²) in [5.74, 6) is -3.25. The van der Waals surface area contributed by atoms with Gasteiger partial charge in [0.2, 0.25) is 0 Å². The number of hydrogen-bond acceptors (Lipinski definition) is 7. The second-order valence-corrected chi connectivity index (χ2v) is 2.73. The molecular formula is C8H14O7Sn. The van der Waals surface area contributed by atoms with Crippen LogP contribution in [0.15, 0.2) is 0 Å². The Balaban J connectivity index is -0.0000000600. The number of carbonyl (C=O) groups is 3. The molecule has 0 fully saturated rings. The first kappa shape index (κ1) is 24.4. The number of carboxylic acids is 3. The molecule has 0 aromatic heterocycles. The van der Waals surface area contributed by atoms with Crippen molar-refractivity contribution in [2.75, 3.05) is 6.61 Å². The van der Waals surface area contributed by atoms with Crippen LogP contribution < -0.4 is 15.3 Å². The van der Waals surface area contributed by atoms with Crippen LogP contribution in [0.25, 0.3) is 0 Å². The van der Waals surface area contributed by atoms with Gasteiger partial charge in [-0.3, -0.25) is 0 Å². The summed E-state index contributed by atoms with van der Waals surface area (Å²) in [7, 11) is 0. The topological polar surface area (TPSA) is 130 Å². The zero-order valence-corrected chi connectivity index (χ0v) is 12.4. The van der Waals surface area contributed by atoms with Crippen LogP contribution in [0.2, 0.25) is 0 Å². The Hall–Kier alpha value is -0.831. The van der Waals surface area contributed by atoms with Crippen LogP contribution in [-0.4, -0.2) is 47.5 Å². The van der Waals surface area contributed by atoms with E-state index >= 15 is 0 Å². The van der Waals surface area contributed by atoms with E-state index in [1.54, 1.807) is 0 Å². The average molecular weight is 341 g/mol. The zero-order chi connectivity index (χ0) is 14.1.